The predicted molar refractivity (Wildman–Crippen MR) is 162 cm³/mol. The zero-order chi connectivity index (χ0) is 26.7. The quantitative estimate of drug-likeness (QED) is 0.295. The van der Waals surface area contributed by atoms with Gasteiger partial charge in [0.25, 0.3) is 0 Å². The Bertz CT molecular complexity index is 977. The zero-order valence-corrected chi connectivity index (χ0v) is 23.8. The van der Waals surface area contributed by atoms with Crippen molar-refractivity contribution in [1.82, 2.24) is 25.5 Å². The third-order valence-electron chi connectivity index (χ3n) is 8.83. The van der Waals surface area contributed by atoms with E-state index in [1.807, 2.05) is 6.07 Å². The van der Waals surface area contributed by atoms with E-state index in [-0.39, 0.29) is 0 Å². The van der Waals surface area contributed by atoms with Crippen LogP contribution in [0.1, 0.15) is 81.8 Å². The van der Waals surface area contributed by atoms with E-state index >= 15 is 0 Å². The molecular weight excluding hydrogens is 484 g/mol. The van der Waals surface area contributed by atoms with Gasteiger partial charge >= 0.3 is 0 Å². The Hall–Kier alpha value is -2.42. The van der Waals surface area contributed by atoms with Gasteiger partial charge in [0.2, 0.25) is 5.95 Å². The van der Waals surface area contributed by atoms with Crippen LogP contribution in [0.25, 0.3) is 0 Å². The van der Waals surface area contributed by atoms with E-state index < -0.39 is 0 Å². The summed E-state index contributed by atoms with van der Waals surface area (Å²) in [6, 6.07) is 12.2. The number of piperazine rings is 1. The first-order chi connectivity index (χ1) is 19.2. The highest BCUT2D eigenvalue weighted by molar-refractivity contribution is 5.52. The van der Waals surface area contributed by atoms with Crippen molar-refractivity contribution in [1.29, 1.82) is 0 Å². The van der Waals surface area contributed by atoms with Crippen LogP contribution in [-0.2, 0) is 13.1 Å². The SMILES string of the molecule is Nc1cc(N2CCN(C3CCCCC3)CC2)nc(NCc2ccc(CNCCCNC3CCCCC3)cc2)n1. The molecule has 0 amide bonds. The lowest BCUT2D eigenvalue weighted by Gasteiger charge is -2.41. The Kier molecular flexibility index (Phi) is 10.7. The first kappa shape index (κ1) is 28.1. The van der Waals surface area contributed by atoms with E-state index in [9.17, 15) is 0 Å². The summed E-state index contributed by atoms with van der Waals surface area (Å²) >= 11 is 0. The third kappa shape index (κ3) is 8.78. The minimum absolute atomic E-state index is 0.521. The van der Waals surface area contributed by atoms with Crippen molar-refractivity contribution in [2.75, 3.05) is 55.2 Å². The van der Waals surface area contributed by atoms with E-state index in [0.29, 0.717) is 18.3 Å². The van der Waals surface area contributed by atoms with Crippen LogP contribution in [0, 0.1) is 0 Å². The van der Waals surface area contributed by atoms with Crippen LogP contribution < -0.4 is 26.6 Å². The van der Waals surface area contributed by atoms with E-state index in [0.717, 1.165) is 63.7 Å². The summed E-state index contributed by atoms with van der Waals surface area (Å²) in [6.45, 7) is 7.97. The van der Waals surface area contributed by atoms with Gasteiger partial charge in [0.1, 0.15) is 11.6 Å². The Morgan fingerprint density at radius 2 is 1.44 bits per heavy atom. The van der Waals surface area contributed by atoms with Crippen LogP contribution in [0.4, 0.5) is 17.6 Å². The molecule has 1 saturated heterocycles. The molecule has 0 radical (unpaired) electrons. The minimum Gasteiger partial charge on any atom is -0.383 e. The van der Waals surface area contributed by atoms with Gasteiger partial charge in [0.15, 0.2) is 0 Å². The fraction of sp³-hybridized carbons (Fsp3) is 0.677. The smallest absolute Gasteiger partial charge is 0.226 e. The number of nitrogens with two attached hydrogens (primary N) is 1. The van der Waals surface area contributed by atoms with Gasteiger partial charge in [-0.1, -0.05) is 62.8 Å². The molecule has 39 heavy (non-hydrogen) atoms. The standard InChI is InChI=1S/C31H50N8/c32-29-22-30(39-20-18-38(19-21-39)28-10-5-2-6-11-28)37-31(36-29)35-24-26-14-12-25(13-15-26)23-33-16-7-17-34-27-8-3-1-4-9-27/h12-15,22,27-28,33-34H,1-11,16-21,23-24H2,(H3,32,35,36,37). The van der Waals surface area contributed by atoms with Crippen LogP contribution in [0.15, 0.2) is 30.3 Å². The van der Waals surface area contributed by atoms with E-state index in [1.54, 1.807) is 0 Å². The van der Waals surface area contributed by atoms with Crippen molar-refractivity contribution in [3.05, 3.63) is 41.5 Å². The second kappa shape index (κ2) is 14.8. The molecule has 8 heteroatoms. The van der Waals surface area contributed by atoms with Crippen LogP contribution in [0.5, 0.6) is 0 Å². The molecule has 214 valence electrons. The maximum absolute atomic E-state index is 6.17. The number of hydrogen-bond donors (Lipinski definition) is 4. The van der Waals surface area contributed by atoms with Crippen LogP contribution >= 0.6 is 0 Å². The van der Waals surface area contributed by atoms with Crippen LogP contribution in [0.2, 0.25) is 0 Å². The lowest BCUT2D eigenvalue weighted by Crippen LogP contribution is -2.51. The van der Waals surface area contributed by atoms with E-state index in [2.05, 4.69) is 55.0 Å². The Balaban J connectivity index is 1.01. The average Bonchev–Trinajstić information content (AvgIpc) is 2.99. The topological polar surface area (TPSA) is 94.4 Å². The molecule has 0 unspecified atom stereocenters. The lowest BCUT2D eigenvalue weighted by atomic mass is 9.94. The van der Waals surface area contributed by atoms with Gasteiger partial charge < -0.3 is 26.6 Å². The fourth-order valence-corrected chi connectivity index (χ4v) is 6.47. The number of anilines is 3. The summed E-state index contributed by atoms with van der Waals surface area (Å²) in [6.07, 6.45) is 15.0. The number of aromatic nitrogens is 2. The Morgan fingerprint density at radius 3 is 2.15 bits per heavy atom. The Morgan fingerprint density at radius 1 is 0.769 bits per heavy atom. The van der Waals surface area contributed by atoms with Crippen molar-refractivity contribution in [3.8, 4) is 0 Å². The van der Waals surface area contributed by atoms with Crippen LogP contribution in [-0.4, -0.2) is 66.2 Å². The summed E-state index contributed by atoms with van der Waals surface area (Å²) in [5.74, 6) is 2.06. The second-order valence-corrected chi connectivity index (χ2v) is 11.8. The van der Waals surface area contributed by atoms with Crippen LogP contribution in [0.3, 0.4) is 0 Å². The molecule has 2 aliphatic carbocycles. The minimum atomic E-state index is 0.521. The van der Waals surface area contributed by atoms with Crippen molar-refractivity contribution in [2.24, 2.45) is 0 Å². The number of benzene rings is 1. The average molecular weight is 535 g/mol. The van der Waals surface area contributed by atoms with Gasteiger partial charge in [-0.15, -0.1) is 0 Å². The molecule has 3 aliphatic rings. The normalized spacial score (nSPS) is 19.8. The summed E-state index contributed by atoms with van der Waals surface area (Å²) < 4.78 is 0. The summed E-state index contributed by atoms with van der Waals surface area (Å²) in [5, 5.41) is 10.7. The summed E-state index contributed by atoms with van der Waals surface area (Å²) in [5.41, 5.74) is 8.70. The molecule has 5 rings (SSSR count). The molecule has 0 atom stereocenters. The maximum Gasteiger partial charge on any atom is 0.226 e. The molecule has 5 N–H and O–H groups in total. The summed E-state index contributed by atoms with van der Waals surface area (Å²) in [4.78, 5) is 14.3. The van der Waals surface area contributed by atoms with Gasteiger partial charge in [-0.25, -0.2) is 0 Å². The molecular formula is C31H50N8. The van der Waals surface area contributed by atoms with Crippen molar-refractivity contribution >= 4 is 17.6 Å². The van der Waals surface area contributed by atoms with Crippen molar-refractivity contribution in [2.45, 2.75) is 95.8 Å². The Labute approximate surface area is 235 Å². The van der Waals surface area contributed by atoms with Gasteiger partial charge in [-0.05, 0) is 56.3 Å². The number of rotatable bonds is 12. The monoisotopic (exact) mass is 534 g/mol. The molecule has 1 aliphatic heterocycles. The highest BCUT2D eigenvalue weighted by atomic mass is 15.3. The summed E-state index contributed by atoms with van der Waals surface area (Å²) in [7, 11) is 0. The number of nitrogens with zero attached hydrogens (tertiary/aromatic N) is 4. The molecule has 0 spiro atoms. The molecule has 1 aromatic heterocycles. The first-order valence-electron chi connectivity index (χ1n) is 15.6. The maximum atomic E-state index is 6.17. The predicted octanol–water partition coefficient (Wildman–Crippen LogP) is 4.53. The molecule has 3 fully saturated rings. The van der Waals surface area contributed by atoms with E-state index in [4.69, 9.17) is 10.7 Å². The second-order valence-electron chi connectivity index (χ2n) is 11.8. The highest BCUT2D eigenvalue weighted by Crippen LogP contribution is 2.25. The number of nitrogen functional groups attached to an aromatic ring is 1. The van der Waals surface area contributed by atoms with Gasteiger partial charge in [-0.2, -0.15) is 9.97 Å². The van der Waals surface area contributed by atoms with Gasteiger partial charge in [0.05, 0.1) is 0 Å². The van der Waals surface area contributed by atoms with E-state index in [1.165, 1.54) is 81.8 Å². The molecule has 2 saturated carbocycles. The van der Waals surface area contributed by atoms with Crippen molar-refractivity contribution in [3.63, 3.8) is 0 Å². The molecule has 2 heterocycles. The largest absolute Gasteiger partial charge is 0.383 e. The molecule has 0 bridgehead atoms. The number of hydrogen-bond acceptors (Lipinski definition) is 8. The molecule has 1 aromatic carbocycles. The van der Waals surface area contributed by atoms with Gasteiger partial charge in [-0.3, -0.25) is 4.90 Å². The third-order valence-corrected chi connectivity index (χ3v) is 8.83. The highest BCUT2D eigenvalue weighted by Gasteiger charge is 2.26. The number of nitrogens with one attached hydrogen (secondary N) is 3. The lowest BCUT2D eigenvalue weighted by molar-refractivity contribution is 0.147. The van der Waals surface area contributed by atoms with Crippen molar-refractivity contribution < 1.29 is 0 Å². The molecule has 8 nitrogen and oxygen atoms in total. The van der Waals surface area contributed by atoms with Gasteiger partial charge in [0, 0.05) is 57.4 Å². The fourth-order valence-electron chi connectivity index (χ4n) is 6.47. The molecule has 2 aromatic rings. The zero-order valence-electron chi connectivity index (χ0n) is 23.8. The first-order valence-corrected chi connectivity index (χ1v) is 15.6.